The molecular formula is C15H25BrN2O2. The summed E-state index contributed by atoms with van der Waals surface area (Å²) < 4.78 is 12.3. The molecule has 1 rings (SSSR count). The highest BCUT2D eigenvalue weighted by Crippen LogP contribution is 2.33. The van der Waals surface area contributed by atoms with Gasteiger partial charge in [-0.3, -0.25) is 0 Å². The molecule has 0 amide bonds. The molecule has 0 unspecified atom stereocenters. The van der Waals surface area contributed by atoms with Gasteiger partial charge in [0.1, 0.15) is 0 Å². The van der Waals surface area contributed by atoms with Crippen LogP contribution in [0, 0.1) is 0 Å². The zero-order valence-corrected chi connectivity index (χ0v) is 14.4. The van der Waals surface area contributed by atoms with Gasteiger partial charge in [-0.1, -0.05) is 15.9 Å². The van der Waals surface area contributed by atoms with Gasteiger partial charge in [0.2, 0.25) is 0 Å². The Hall–Kier alpha value is -0.780. The number of hydrogen-bond donors (Lipinski definition) is 1. The number of ether oxygens (including phenoxy) is 2. The molecule has 0 radical (unpaired) electrons. The van der Waals surface area contributed by atoms with Gasteiger partial charge >= 0.3 is 0 Å². The van der Waals surface area contributed by atoms with Crippen molar-refractivity contribution in [3.63, 3.8) is 0 Å². The first-order chi connectivity index (χ1) is 9.58. The lowest BCUT2D eigenvalue weighted by molar-refractivity contribution is 0.287. The summed E-state index contributed by atoms with van der Waals surface area (Å²) in [6.45, 7) is 8.00. The van der Waals surface area contributed by atoms with Crippen molar-refractivity contribution in [1.82, 2.24) is 10.2 Å². The quantitative estimate of drug-likeness (QED) is 0.698. The van der Waals surface area contributed by atoms with Gasteiger partial charge in [-0.05, 0) is 45.6 Å². The Morgan fingerprint density at radius 3 is 2.25 bits per heavy atom. The number of rotatable bonds is 9. The average molecular weight is 345 g/mol. The summed E-state index contributed by atoms with van der Waals surface area (Å²) >= 11 is 3.60. The third kappa shape index (κ3) is 5.69. The molecule has 1 N–H and O–H groups in total. The molecule has 0 aliphatic rings. The molecule has 0 saturated heterocycles. The average Bonchev–Trinajstić information content (AvgIpc) is 2.39. The van der Waals surface area contributed by atoms with E-state index in [9.17, 15) is 0 Å². The highest BCUT2D eigenvalue weighted by Gasteiger charge is 2.10. The molecular weight excluding hydrogens is 320 g/mol. The third-order valence-corrected chi connectivity index (χ3v) is 3.50. The van der Waals surface area contributed by atoms with Crippen LogP contribution in [0.5, 0.6) is 11.5 Å². The third-order valence-electron chi connectivity index (χ3n) is 2.76. The molecule has 4 nitrogen and oxygen atoms in total. The zero-order chi connectivity index (χ0) is 15.0. The number of nitrogens with zero attached hydrogens (tertiary/aromatic N) is 1. The van der Waals surface area contributed by atoms with Gasteiger partial charge in [-0.15, -0.1) is 0 Å². The van der Waals surface area contributed by atoms with Crippen LogP contribution in [-0.2, 0) is 6.54 Å². The minimum atomic E-state index is 0.632. The van der Waals surface area contributed by atoms with E-state index in [-0.39, 0.29) is 0 Å². The van der Waals surface area contributed by atoms with Gasteiger partial charge in [-0.25, -0.2) is 0 Å². The molecule has 0 aliphatic carbocycles. The summed E-state index contributed by atoms with van der Waals surface area (Å²) in [6.07, 6.45) is 0. The van der Waals surface area contributed by atoms with Crippen LogP contribution >= 0.6 is 15.9 Å². The fraction of sp³-hybridized carbons (Fsp3) is 0.600. The van der Waals surface area contributed by atoms with E-state index in [0.717, 1.165) is 35.6 Å². The second kappa shape index (κ2) is 9.21. The van der Waals surface area contributed by atoms with Crippen LogP contribution in [0.2, 0.25) is 0 Å². The highest BCUT2D eigenvalue weighted by atomic mass is 79.9. The molecule has 0 spiro atoms. The van der Waals surface area contributed by atoms with Crippen molar-refractivity contribution in [3.8, 4) is 11.5 Å². The Balaban J connectivity index is 2.72. The van der Waals surface area contributed by atoms with Crippen LogP contribution in [0.3, 0.4) is 0 Å². The van der Waals surface area contributed by atoms with Crippen LogP contribution in [-0.4, -0.2) is 45.3 Å². The summed E-state index contributed by atoms with van der Waals surface area (Å²) in [5, 5.41) is 3.43. The Bertz CT molecular complexity index is 411. The fourth-order valence-electron chi connectivity index (χ4n) is 1.78. The van der Waals surface area contributed by atoms with E-state index in [1.807, 2.05) is 26.0 Å². The summed E-state index contributed by atoms with van der Waals surface area (Å²) in [5.41, 5.74) is 1.18. The summed E-state index contributed by atoms with van der Waals surface area (Å²) in [6, 6.07) is 4.03. The van der Waals surface area contributed by atoms with E-state index in [2.05, 4.69) is 40.2 Å². The van der Waals surface area contributed by atoms with Gasteiger partial charge in [0.15, 0.2) is 11.5 Å². The monoisotopic (exact) mass is 344 g/mol. The van der Waals surface area contributed by atoms with Crippen molar-refractivity contribution in [2.75, 3.05) is 40.4 Å². The first kappa shape index (κ1) is 17.3. The molecule has 0 atom stereocenters. The lowest BCUT2D eigenvalue weighted by atomic mass is 10.2. The lowest BCUT2D eigenvalue weighted by Gasteiger charge is -2.15. The topological polar surface area (TPSA) is 33.7 Å². The first-order valence-electron chi connectivity index (χ1n) is 7.01. The van der Waals surface area contributed by atoms with Crippen molar-refractivity contribution in [3.05, 3.63) is 22.2 Å². The molecule has 0 fully saturated rings. The normalized spacial score (nSPS) is 10.9. The van der Waals surface area contributed by atoms with Crippen molar-refractivity contribution < 1.29 is 9.47 Å². The van der Waals surface area contributed by atoms with Crippen molar-refractivity contribution in [2.24, 2.45) is 0 Å². The maximum absolute atomic E-state index is 5.65. The fourth-order valence-corrected chi connectivity index (χ4v) is 2.24. The van der Waals surface area contributed by atoms with Crippen LogP contribution in [0.25, 0.3) is 0 Å². The van der Waals surface area contributed by atoms with E-state index in [1.54, 1.807) is 0 Å². The van der Waals surface area contributed by atoms with Crippen LogP contribution in [0.15, 0.2) is 16.6 Å². The molecule has 114 valence electrons. The Kier molecular flexibility index (Phi) is 7.95. The van der Waals surface area contributed by atoms with E-state index in [4.69, 9.17) is 9.47 Å². The molecule has 1 aromatic carbocycles. The van der Waals surface area contributed by atoms with E-state index in [0.29, 0.717) is 13.2 Å². The molecule has 20 heavy (non-hydrogen) atoms. The number of halogens is 1. The predicted octanol–water partition coefficient (Wildman–Crippen LogP) is 2.90. The van der Waals surface area contributed by atoms with E-state index in [1.165, 1.54) is 5.56 Å². The van der Waals surface area contributed by atoms with Crippen LogP contribution in [0.1, 0.15) is 19.4 Å². The van der Waals surface area contributed by atoms with Gasteiger partial charge in [0, 0.05) is 24.1 Å². The Morgan fingerprint density at radius 1 is 1.10 bits per heavy atom. The second-order valence-electron chi connectivity index (χ2n) is 4.74. The van der Waals surface area contributed by atoms with Crippen LogP contribution < -0.4 is 14.8 Å². The molecule has 0 saturated carbocycles. The van der Waals surface area contributed by atoms with Crippen molar-refractivity contribution in [2.45, 2.75) is 20.4 Å². The van der Waals surface area contributed by atoms with E-state index < -0.39 is 0 Å². The van der Waals surface area contributed by atoms with Crippen LogP contribution in [0.4, 0.5) is 0 Å². The van der Waals surface area contributed by atoms with Gasteiger partial charge in [0.05, 0.1) is 13.2 Å². The largest absolute Gasteiger partial charge is 0.490 e. The highest BCUT2D eigenvalue weighted by molar-refractivity contribution is 9.10. The van der Waals surface area contributed by atoms with Gasteiger partial charge in [0.25, 0.3) is 0 Å². The summed E-state index contributed by atoms with van der Waals surface area (Å²) in [5.74, 6) is 1.60. The van der Waals surface area contributed by atoms with Crippen molar-refractivity contribution >= 4 is 15.9 Å². The molecule has 0 bridgehead atoms. The first-order valence-corrected chi connectivity index (χ1v) is 7.81. The smallest absolute Gasteiger partial charge is 0.162 e. The maximum Gasteiger partial charge on any atom is 0.162 e. The predicted molar refractivity (Wildman–Crippen MR) is 86.7 cm³/mol. The van der Waals surface area contributed by atoms with Gasteiger partial charge < -0.3 is 19.7 Å². The maximum atomic E-state index is 5.65. The number of likely N-dealkylation sites (N-methyl/N-ethyl adjacent to an activating group) is 1. The lowest BCUT2D eigenvalue weighted by Crippen LogP contribution is -2.26. The summed E-state index contributed by atoms with van der Waals surface area (Å²) in [7, 11) is 4.14. The second-order valence-corrected chi connectivity index (χ2v) is 5.59. The number of nitrogens with one attached hydrogen (secondary N) is 1. The minimum absolute atomic E-state index is 0.632. The standard InChI is InChI=1S/C15H25BrN2O2/c1-5-19-14-9-12(11-17-7-8-18(3)4)13(16)10-15(14)20-6-2/h9-10,17H,5-8,11H2,1-4H3. The molecule has 1 aromatic rings. The summed E-state index contributed by atoms with van der Waals surface area (Å²) in [4.78, 5) is 2.16. The number of benzene rings is 1. The molecule has 0 aromatic heterocycles. The SMILES string of the molecule is CCOc1cc(Br)c(CNCCN(C)C)cc1OCC. The molecule has 0 aliphatic heterocycles. The van der Waals surface area contributed by atoms with E-state index >= 15 is 0 Å². The number of hydrogen-bond acceptors (Lipinski definition) is 4. The van der Waals surface area contributed by atoms with Crippen molar-refractivity contribution in [1.29, 1.82) is 0 Å². The Morgan fingerprint density at radius 2 is 1.70 bits per heavy atom. The molecule has 5 heteroatoms. The molecule has 0 heterocycles. The minimum Gasteiger partial charge on any atom is -0.490 e. The Labute approximate surface area is 130 Å². The zero-order valence-electron chi connectivity index (χ0n) is 12.8. The van der Waals surface area contributed by atoms with Gasteiger partial charge in [-0.2, -0.15) is 0 Å².